The summed E-state index contributed by atoms with van der Waals surface area (Å²) >= 11 is 0. The molecule has 0 saturated heterocycles. The monoisotopic (exact) mass is 277 g/mol. The van der Waals surface area contributed by atoms with Gasteiger partial charge in [-0.1, -0.05) is 36.9 Å². The lowest BCUT2D eigenvalue weighted by molar-refractivity contribution is 0.913. The van der Waals surface area contributed by atoms with Crippen molar-refractivity contribution in [1.29, 1.82) is 0 Å². The number of benzene rings is 1. The van der Waals surface area contributed by atoms with Crippen molar-refractivity contribution in [3.05, 3.63) is 42.5 Å². The first-order valence-corrected chi connectivity index (χ1v) is 9.60. The normalized spacial score (nSPS) is 12.5. The van der Waals surface area contributed by atoms with E-state index >= 15 is 0 Å². The Morgan fingerprint density at radius 2 is 1.32 bits per heavy atom. The fourth-order valence-electron chi connectivity index (χ4n) is 3.43. The van der Waals surface area contributed by atoms with Crippen LogP contribution in [0.25, 0.3) is 5.57 Å². The Labute approximate surface area is 120 Å². The van der Waals surface area contributed by atoms with Gasteiger partial charge in [0.2, 0.25) is 0 Å². The molecule has 0 spiro atoms. The third kappa shape index (κ3) is 3.48. The Morgan fingerprint density at radius 1 is 0.895 bits per heavy atom. The zero-order chi connectivity index (χ0) is 14.6. The molecule has 0 saturated carbocycles. The predicted molar refractivity (Wildman–Crippen MR) is 92.7 cm³/mol. The highest BCUT2D eigenvalue weighted by molar-refractivity contribution is 7.78. The fourth-order valence-corrected chi connectivity index (χ4v) is 8.95. The molecule has 0 aliphatic carbocycles. The molecule has 0 fully saturated rings. The highest BCUT2D eigenvalue weighted by atomic mass is 31.2. The largest absolute Gasteiger partial charge is 0.0916 e. The van der Waals surface area contributed by atoms with Gasteiger partial charge < -0.3 is 0 Å². The number of allylic oxidation sites excluding steroid dienone is 1. The molecule has 19 heavy (non-hydrogen) atoms. The molecule has 0 aliphatic heterocycles. The standard InChI is InChI=1S/C18H30P/c1-14(2)19(15(3)4,16(5)6)13-17(7)18-11-9-8-10-12-18/h8-12,14-16H,7,13H2,1-6H3/q+1. The van der Waals surface area contributed by atoms with Crippen molar-refractivity contribution in [1.82, 2.24) is 0 Å². The van der Waals surface area contributed by atoms with E-state index in [1.54, 1.807) is 0 Å². The maximum atomic E-state index is 4.38. The first kappa shape index (κ1) is 16.4. The second kappa shape index (κ2) is 6.71. The van der Waals surface area contributed by atoms with Crippen LogP contribution in [0.1, 0.15) is 47.1 Å². The highest BCUT2D eigenvalue weighted by Gasteiger charge is 2.47. The average Bonchev–Trinajstić information content (AvgIpc) is 2.35. The summed E-state index contributed by atoms with van der Waals surface area (Å²) in [6.07, 6.45) is 1.20. The van der Waals surface area contributed by atoms with Gasteiger partial charge in [-0.15, -0.1) is 0 Å². The van der Waals surface area contributed by atoms with E-state index in [2.05, 4.69) is 78.5 Å². The third-order valence-corrected chi connectivity index (χ3v) is 11.2. The van der Waals surface area contributed by atoms with Crippen molar-refractivity contribution in [3.63, 3.8) is 0 Å². The highest BCUT2D eigenvalue weighted by Crippen LogP contribution is 2.71. The minimum atomic E-state index is -1.03. The molecule has 106 valence electrons. The van der Waals surface area contributed by atoms with Gasteiger partial charge in [0.05, 0.1) is 23.1 Å². The Hall–Kier alpha value is -0.610. The summed E-state index contributed by atoms with van der Waals surface area (Å²) in [7, 11) is -1.03. The quantitative estimate of drug-likeness (QED) is 0.564. The van der Waals surface area contributed by atoms with E-state index in [9.17, 15) is 0 Å². The molecule has 0 bridgehead atoms. The molecule has 0 amide bonds. The zero-order valence-corrected chi connectivity index (χ0v) is 14.4. The second-order valence-corrected chi connectivity index (χ2v) is 11.8. The van der Waals surface area contributed by atoms with E-state index in [0.717, 1.165) is 17.0 Å². The van der Waals surface area contributed by atoms with Gasteiger partial charge in [0, 0.05) is 7.26 Å². The van der Waals surface area contributed by atoms with Gasteiger partial charge in [0.1, 0.15) is 0 Å². The maximum Gasteiger partial charge on any atom is 0.0850 e. The van der Waals surface area contributed by atoms with Crippen molar-refractivity contribution in [2.24, 2.45) is 0 Å². The van der Waals surface area contributed by atoms with E-state index in [0.29, 0.717) is 0 Å². The predicted octanol–water partition coefficient (Wildman–Crippen LogP) is 5.94. The molecule has 0 unspecified atom stereocenters. The van der Waals surface area contributed by atoms with E-state index in [1.165, 1.54) is 17.3 Å². The van der Waals surface area contributed by atoms with Gasteiger partial charge in [0.25, 0.3) is 0 Å². The average molecular weight is 277 g/mol. The minimum Gasteiger partial charge on any atom is -0.0916 e. The van der Waals surface area contributed by atoms with Gasteiger partial charge in [-0.05, 0) is 52.7 Å². The van der Waals surface area contributed by atoms with E-state index in [1.807, 2.05) is 0 Å². The molecule has 0 nitrogen and oxygen atoms in total. The molecule has 0 aromatic heterocycles. The molecule has 1 rings (SSSR count). The first-order valence-electron chi connectivity index (χ1n) is 7.42. The smallest absolute Gasteiger partial charge is 0.0850 e. The summed E-state index contributed by atoms with van der Waals surface area (Å²) in [6, 6.07) is 10.7. The molecular formula is C18H30P+. The van der Waals surface area contributed by atoms with Crippen LogP contribution in [0.2, 0.25) is 0 Å². The molecule has 1 aromatic carbocycles. The van der Waals surface area contributed by atoms with Crippen LogP contribution in [0, 0.1) is 0 Å². The first-order chi connectivity index (χ1) is 8.82. The van der Waals surface area contributed by atoms with Crippen molar-refractivity contribution in [3.8, 4) is 0 Å². The Bertz CT molecular complexity index is 379. The van der Waals surface area contributed by atoms with Gasteiger partial charge in [-0.2, -0.15) is 0 Å². The van der Waals surface area contributed by atoms with Gasteiger partial charge in [-0.3, -0.25) is 0 Å². The molecule has 1 heteroatoms. The van der Waals surface area contributed by atoms with Crippen LogP contribution in [0.3, 0.4) is 0 Å². The lowest BCUT2D eigenvalue weighted by atomic mass is 10.1. The van der Waals surface area contributed by atoms with Crippen LogP contribution in [-0.4, -0.2) is 23.1 Å². The van der Waals surface area contributed by atoms with Crippen LogP contribution in [-0.2, 0) is 0 Å². The minimum absolute atomic E-state index is 0.771. The summed E-state index contributed by atoms with van der Waals surface area (Å²) in [5.41, 5.74) is 4.95. The maximum absolute atomic E-state index is 4.38. The van der Waals surface area contributed by atoms with E-state index in [-0.39, 0.29) is 0 Å². The van der Waals surface area contributed by atoms with E-state index in [4.69, 9.17) is 0 Å². The molecule has 0 aliphatic rings. The Balaban J connectivity index is 3.05. The number of rotatable bonds is 6. The van der Waals surface area contributed by atoms with Gasteiger partial charge >= 0.3 is 0 Å². The van der Waals surface area contributed by atoms with Gasteiger partial charge in [-0.25, -0.2) is 0 Å². The number of hydrogen-bond donors (Lipinski definition) is 0. The number of hydrogen-bond acceptors (Lipinski definition) is 0. The second-order valence-electron chi connectivity index (χ2n) is 6.40. The zero-order valence-electron chi connectivity index (χ0n) is 13.5. The molecule has 0 atom stereocenters. The van der Waals surface area contributed by atoms with Crippen LogP contribution >= 0.6 is 7.26 Å². The van der Waals surface area contributed by atoms with Crippen molar-refractivity contribution < 1.29 is 0 Å². The van der Waals surface area contributed by atoms with Crippen LogP contribution in [0.5, 0.6) is 0 Å². The van der Waals surface area contributed by atoms with Crippen LogP contribution < -0.4 is 0 Å². The lowest BCUT2D eigenvalue weighted by Crippen LogP contribution is -2.26. The fraction of sp³-hybridized carbons (Fsp3) is 0.556. The lowest BCUT2D eigenvalue weighted by Gasteiger charge is -2.39. The topological polar surface area (TPSA) is 0 Å². The molecular weight excluding hydrogens is 247 g/mol. The Kier molecular flexibility index (Phi) is 5.81. The third-order valence-electron chi connectivity index (χ3n) is 4.53. The van der Waals surface area contributed by atoms with Crippen LogP contribution in [0.15, 0.2) is 36.9 Å². The summed E-state index contributed by atoms with van der Waals surface area (Å²) in [5.74, 6) is 0. The molecule has 0 N–H and O–H groups in total. The van der Waals surface area contributed by atoms with E-state index < -0.39 is 7.26 Å². The van der Waals surface area contributed by atoms with Crippen molar-refractivity contribution in [2.45, 2.75) is 58.5 Å². The SMILES string of the molecule is C=C(C[P+](C(C)C)(C(C)C)C(C)C)c1ccccc1. The van der Waals surface area contributed by atoms with Crippen LogP contribution in [0.4, 0.5) is 0 Å². The summed E-state index contributed by atoms with van der Waals surface area (Å²) < 4.78 is 0. The van der Waals surface area contributed by atoms with Crippen molar-refractivity contribution in [2.75, 3.05) is 6.16 Å². The molecule has 0 radical (unpaired) electrons. The molecule has 1 aromatic rings. The molecule has 0 heterocycles. The van der Waals surface area contributed by atoms with Gasteiger partial charge in [0.15, 0.2) is 0 Å². The Morgan fingerprint density at radius 3 is 1.68 bits per heavy atom. The summed E-state index contributed by atoms with van der Waals surface area (Å²) in [5, 5.41) is 0. The summed E-state index contributed by atoms with van der Waals surface area (Å²) in [4.78, 5) is 0. The van der Waals surface area contributed by atoms with Crippen molar-refractivity contribution >= 4 is 12.8 Å². The summed E-state index contributed by atoms with van der Waals surface area (Å²) in [6.45, 7) is 18.8.